The molecule has 1 atom stereocenters. The summed E-state index contributed by atoms with van der Waals surface area (Å²) < 4.78 is 2.52. The maximum atomic E-state index is 4.37. The van der Waals surface area contributed by atoms with Gasteiger partial charge in [0, 0.05) is 26.2 Å². The fourth-order valence-corrected chi connectivity index (χ4v) is 3.42. The van der Waals surface area contributed by atoms with Crippen LogP contribution in [0.2, 0.25) is 0 Å². The van der Waals surface area contributed by atoms with Crippen molar-refractivity contribution in [2.75, 3.05) is 18.9 Å². The minimum absolute atomic E-state index is 0.461. The van der Waals surface area contributed by atoms with Gasteiger partial charge in [0.15, 0.2) is 5.65 Å². The fraction of sp³-hybridized carbons (Fsp3) is 0.389. The van der Waals surface area contributed by atoms with Gasteiger partial charge in [0.2, 0.25) is 0 Å². The molecule has 25 heavy (non-hydrogen) atoms. The third kappa shape index (κ3) is 4.16. The zero-order chi connectivity index (χ0) is 17.8. The molecule has 2 heterocycles. The van der Waals surface area contributed by atoms with Gasteiger partial charge in [-0.2, -0.15) is 5.10 Å². The molecule has 6 nitrogen and oxygen atoms in total. The number of hydrogen-bond donors (Lipinski definition) is 1. The monoisotopic (exact) mass is 402 g/mol. The van der Waals surface area contributed by atoms with E-state index in [0.717, 1.165) is 41.0 Å². The second kappa shape index (κ2) is 7.93. The van der Waals surface area contributed by atoms with E-state index in [2.05, 4.69) is 85.5 Å². The van der Waals surface area contributed by atoms with E-state index in [4.69, 9.17) is 0 Å². The molecular weight excluding hydrogens is 380 g/mol. The lowest BCUT2D eigenvalue weighted by Gasteiger charge is -2.25. The lowest BCUT2D eigenvalue weighted by molar-refractivity contribution is 0.242. The van der Waals surface area contributed by atoms with Crippen molar-refractivity contribution in [3.05, 3.63) is 46.8 Å². The molecule has 0 saturated carbocycles. The number of halogens is 1. The molecule has 0 radical (unpaired) electrons. The molecule has 1 aromatic carbocycles. The van der Waals surface area contributed by atoms with Crippen LogP contribution < -0.4 is 5.32 Å². The van der Waals surface area contributed by atoms with Crippen molar-refractivity contribution in [1.29, 1.82) is 0 Å². The van der Waals surface area contributed by atoms with Gasteiger partial charge in [-0.15, -0.1) is 0 Å². The molecule has 3 aromatic rings. The highest BCUT2D eigenvalue weighted by Crippen LogP contribution is 2.26. The molecule has 3 rings (SSSR count). The van der Waals surface area contributed by atoms with Gasteiger partial charge < -0.3 is 5.32 Å². The number of anilines is 1. The topological polar surface area (TPSA) is 58.9 Å². The molecule has 0 bridgehead atoms. The van der Waals surface area contributed by atoms with Crippen LogP contribution in [0.3, 0.4) is 0 Å². The standard InChI is InChI=1S/C18H23BrN6/c1-13(24(2)11-14-7-5-4-6-8-14)9-10-20-17-15-16(19)23-25(3)18(15)22-12-21-17/h4-8,12-13H,9-11H2,1-3H3,(H,20,21,22). The van der Waals surface area contributed by atoms with Gasteiger partial charge >= 0.3 is 0 Å². The van der Waals surface area contributed by atoms with Gasteiger partial charge in [0.05, 0.1) is 5.39 Å². The molecule has 1 N–H and O–H groups in total. The van der Waals surface area contributed by atoms with Crippen LogP contribution in [0.5, 0.6) is 0 Å². The van der Waals surface area contributed by atoms with Crippen molar-refractivity contribution in [1.82, 2.24) is 24.6 Å². The van der Waals surface area contributed by atoms with E-state index in [0.29, 0.717) is 6.04 Å². The van der Waals surface area contributed by atoms with Gasteiger partial charge in [0.1, 0.15) is 16.7 Å². The molecule has 0 aliphatic carbocycles. The first-order chi connectivity index (χ1) is 12.1. The summed E-state index contributed by atoms with van der Waals surface area (Å²) in [4.78, 5) is 11.0. The Hall–Kier alpha value is -1.99. The molecule has 132 valence electrons. The van der Waals surface area contributed by atoms with Crippen LogP contribution in [-0.2, 0) is 13.6 Å². The summed E-state index contributed by atoms with van der Waals surface area (Å²) in [5.74, 6) is 0.822. The summed E-state index contributed by atoms with van der Waals surface area (Å²) in [7, 11) is 4.04. The summed E-state index contributed by atoms with van der Waals surface area (Å²) in [6.45, 7) is 4.04. The smallest absolute Gasteiger partial charge is 0.164 e. The number of hydrogen-bond acceptors (Lipinski definition) is 5. The Kier molecular flexibility index (Phi) is 5.65. The molecule has 0 aliphatic rings. The Morgan fingerprint density at radius 3 is 2.76 bits per heavy atom. The molecule has 1 unspecified atom stereocenters. The van der Waals surface area contributed by atoms with Crippen LogP contribution in [-0.4, -0.2) is 44.3 Å². The van der Waals surface area contributed by atoms with E-state index in [1.165, 1.54) is 5.56 Å². The normalized spacial score (nSPS) is 12.7. The second-order valence-corrected chi connectivity index (χ2v) is 7.05. The highest BCUT2D eigenvalue weighted by atomic mass is 79.9. The molecular formula is C18H23BrN6. The third-order valence-electron chi connectivity index (χ3n) is 4.46. The third-order valence-corrected chi connectivity index (χ3v) is 5.01. The van der Waals surface area contributed by atoms with E-state index < -0.39 is 0 Å². The highest BCUT2D eigenvalue weighted by Gasteiger charge is 2.14. The first-order valence-corrected chi connectivity index (χ1v) is 9.17. The summed E-state index contributed by atoms with van der Waals surface area (Å²) in [5, 5.41) is 8.71. The molecule has 7 heteroatoms. The van der Waals surface area contributed by atoms with Crippen LogP contribution in [0.15, 0.2) is 41.3 Å². The number of aromatic nitrogens is 4. The summed E-state index contributed by atoms with van der Waals surface area (Å²) in [6, 6.07) is 11.0. The lowest BCUT2D eigenvalue weighted by Crippen LogP contribution is -2.30. The van der Waals surface area contributed by atoms with Crippen LogP contribution in [0.4, 0.5) is 5.82 Å². The largest absolute Gasteiger partial charge is 0.369 e. The first kappa shape index (κ1) is 17.8. The van der Waals surface area contributed by atoms with Crippen molar-refractivity contribution in [3.63, 3.8) is 0 Å². The van der Waals surface area contributed by atoms with Gasteiger partial charge in [-0.25, -0.2) is 14.6 Å². The molecule has 0 aliphatic heterocycles. The molecule has 0 amide bonds. The van der Waals surface area contributed by atoms with Gasteiger partial charge in [0.25, 0.3) is 0 Å². The maximum absolute atomic E-state index is 4.37. The number of nitrogens with one attached hydrogen (secondary N) is 1. The molecule has 2 aromatic heterocycles. The second-order valence-electron chi connectivity index (χ2n) is 6.30. The van der Waals surface area contributed by atoms with Crippen molar-refractivity contribution in [3.8, 4) is 0 Å². The Balaban J connectivity index is 1.57. The average molecular weight is 403 g/mol. The maximum Gasteiger partial charge on any atom is 0.164 e. The predicted molar refractivity (Wildman–Crippen MR) is 104 cm³/mol. The molecule has 0 spiro atoms. The number of rotatable bonds is 7. The summed E-state index contributed by atoms with van der Waals surface area (Å²) in [5.41, 5.74) is 2.15. The van der Waals surface area contributed by atoms with Gasteiger partial charge in [-0.05, 0) is 41.9 Å². The number of nitrogens with zero attached hydrogens (tertiary/aromatic N) is 5. The molecule has 0 saturated heterocycles. The average Bonchev–Trinajstić information content (AvgIpc) is 2.91. The first-order valence-electron chi connectivity index (χ1n) is 8.37. The van der Waals surface area contributed by atoms with Crippen LogP contribution in [0, 0.1) is 0 Å². The summed E-state index contributed by atoms with van der Waals surface area (Å²) in [6.07, 6.45) is 2.59. The number of aryl methyl sites for hydroxylation is 1. The Bertz CT molecular complexity index is 832. The lowest BCUT2D eigenvalue weighted by atomic mass is 10.1. The van der Waals surface area contributed by atoms with Crippen LogP contribution in [0.25, 0.3) is 11.0 Å². The Morgan fingerprint density at radius 1 is 1.24 bits per heavy atom. The van der Waals surface area contributed by atoms with E-state index in [9.17, 15) is 0 Å². The van der Waals surface area contributed by atoms with Crippen molar-refractivity contribution < 1.29 is 0 Å². The van der Waals surface area contributed by atoms with Crippen molar-refractivity contribution in [2.45, 2.75) is 25.9 Å². The minimum Gasteiger partial charge on any atom is -0.369 e. The quantitative estimate of drug-likeness (QED) is 0.655. The Morgan fingerprint density at radius 2 is 2.00 bits per heavy atom. The van der Waals surface area contributed by atoms with E-state index in [1.54, 1.807) is 11.0 Å². The zero-order valence-electron chi connectivity index (χ0n) is 14.8. The highest BCUT2D eigenvalue weighted by molar-refractivity contribution is 9.10. The predicted octanol–water partition coefficient (Wildman–Crippen LogP) is 3.45. The van der Waals surface area contributed by atoms with Crippen LogP contribution in [0.1, 0.15) is 18.9 Å². The van der Waals surface area contributed by atoms with Crippen LogP contribution >= 0.6 is 15.9 Å². The Labute approximate surface area is 156 Å². The van der Waals surface area contributed by atoms with Crippen molar-refractivity contribution >= 4 is 32.8 Å². The zero-order valence-corrected chi connectivity index (χ0v) is 16.4. The van der Waals surface area contributed by atoms with E-state index >= 15 is 0 Å². The number of benzene rings is 1. The van der Waals surface area contributed by atoms with Gasteiger partial charge in [-0.3, -0.25) is 4.90 Å². The van der Waals surface area contributed by atoms with Crippen molar-refractivity contribution in [2.24, 2.45) is 7.05 Å². The fourth-order valence-electron chi connectivity index (χ4n) is 2.82. The summed E-state index contributed by atoms with van der Waals surface area (Å²) >= 11 is 3.49. The molecule has 0 fully saturated rings. The SMILES string of the molecule is CC(CCNc1ncnc2c1c(Br)nn2C)N(C)Cc1ccccc1. The van der Waals surface area contributed by atoms with Gasteiger partial charge in [-0.1, -0.05) is 30.3 Å². The van der Waals surface area contributed by atoms with E-state index in [1.807, 2.05) is 7.05 Å². The van der Waals surface area contributed by atoms with E-state index in [-0.39, 0.29) is 0 Å². The minimum atomic E-state index is 0.461. The number of fused-ring (bicyclic) bond motifs is 1.